The number of hydrogen-bond donors (Lipinski definition) is 2. The number of aliphatic hydroxyl groups excluding tert-OH is 2. The fourth-order valence-electron chi connectivity index (χ4n) is 1.44. The van der Waals surface area contributed by atoms with Gasteiger partial charge in [0.05, 0.1) is 18.8 Å². The average Bonchev–Trinajstić information content (AvgIpc) is 2.27. The molecule has 0 amide bonds. The van der Waals surface area contributed by atoms with Gasteiger partial charge < -0.3 is 15.1 Å². The Morgan fingerprint density at radius 3 is 2.00 bits per heavy atom. The quantitative estimate of drug-likeness (QED) is 0.848. The van der Waals surface area contributed by atoms with Gasteiger partial charge in [-0.3, -0.25) is 0 Å². The fraction of sp³-hybridized carbons (Fsp3) is 0.500. The molecular weight excluding hydrogens is 228 g/mol. The van der Waals surface area contributed by atoms with Crippen LogP contribution >= 0.6 is 0 Å². The second-order valence-electron chi connectivity index (χ2n) is 4.60. The predicted molar refractivity (Wildman–Crippen MR) is 61.8 cm³/mol. The van der Waals surface area contributed by atoms with Gasteiger partial charge in [0.25, 0.3) is 0 Å². The zero-order valence-corrected chi connectivity index (χ0v) is 10.2. The lowest BCUT2D eigenvalue weighted by Crippen LogP contribution is -2.45. The van der Waals surface area contributed by atoms with E-state index < -0.39 is 23.8 Å². The molecule has 0 spiro atoms. The van der Waals surface area contributed by atoms with E-state index in [-0.39, 0.29) is 17.9 Å². The van der Waals surface area contributed by atoms with Crippen LogP contribution in [0.25, 0.3) is 0 Å². The van der Waals surface area contributed by atoms with Crippen LogP contribution in [0, 0.1) is 11.6 Å². The Morgan fingerprint density at radius 2 is 1.65 bits per heavy atom. The molecule has 0 aliphatic carbocycles. The Morgan fingerprint density at radius 1 is 1.18 bits per heavy atom. The highest BCUT2D eigenvalue weighted by atomic mass is 19.1. The van der Waals surface area contributed by atoms with E-state index in [0.29, 0.717) is 0 Å². The molecule has 1 aromatic rings. The number of anilines is 1. The van der Waals surface area contributed by atoms with Gasteiger partial charge in [-0.05, 0) is 31.5 Å². The largest absolute Gasteiger partial charge is 0.394 e. The van der Waals surface area contributed by atoms with Crippen LogP contribution in [0.4, 0.5) is 14.5 Å². The van der Waals surface area contributed by atoms with Gasteiger partial charge in [-0.2, -0.15) is 0 Å². The second-order valence-corrected chi connectivity index (χ2v) is 4.60. The van der Waals surface area contributed by atoms with Crippen molar-refractivity contribution in [1.82, 2.24) is 0 Å². The highest BCUT2D eigenvalue weighted by Crippen LogP contribution is 2.29. The third-order valence-corrected chi connectivity index (χ3v) is 2.89. The van der Waals surface area contributed by atoms with Crippen LogP contribution in [0.5, 0.6) is 0 Å². The molecule has 96 valence electrons. The van der Waals surface area contributed by atoms with Crippen molar-refractivity contribution in [2.75, 3.05) is 18.6 Å². The monoisotopic (exact) mass is 245 g/mol. The molecule has 17 heavy (non-hydrogen) atoms. The van der Waals surface area contributed by atoms with E-state index in [4.69, 9.17) is 5.11 Å². The summed E-state index contributed by atoms with van der Waals surface area (Å²) in [6, 6.07) is 2.17. The number of nitrogens with zero attached hydrogens (tertiary/aromatic N) is 1. The minimum atomic E-state index is -0.775. The van der Waals surface area contributed by atoms with Gasteiger partial charge in [0.2, 0.25) is 0 Å². The first-order valence-corrected chi connectivity index (χ1v) is 5.27. The van der Waals surface area contributed by atoms with E-state index in [1.807, 2.05) is 0 Å². The SMILES string of the molecule is CN(c1c(F)cc(CO)cc1F)C(C)(C)CO. The first-order chi connectivity index (χ1) is 7.83. The lowest BCUT2D eigenvalue weighted by molar-refractivity contribution is 0.215. The average molecular weight is 245 g/mol. The Balaban J connectivity index is 3.23. The van der Waals surface area contributed by atoms with E-state index in [9.17, 15) is 13.9 Å². The molecule has 0 aliphatic heterocycles. The lowest BCUT2D eigenvalue weighted by Gasteiger charge is -2.36. The summed E-state index contributed by atoms with van der Waals surface area (Å²) >= 11 is 0. The Hall–Kier alpha value is -1.20. The summed E-state index contributed by atoms with van der Waals surface area (Å²) < 4.78 is 27.5. The summed E-state index contributed by atoms with van der Waals surface area (Å²) in [5, 5.41) is 18.0. The molecular formula is C12H17F2NO2. The predicted octanol–water partition coefficient (Wildman–Crippen LogP) is 1.66. The van der Waals surface area contributed by atoms with Gasteiger partial charge in [0.1, 0.15) is 17.3 Å². The molecule has 0 heterocycles. The molecule has 2 N–H and O–H groups in total. The molecule has 0 atom stereocenters. The summed E-state index contributed by atoms with van der Waals surface area (Å²) in [6.07, 6.45) is 0. The third-order valence-electron chi connectivity index (χ3n) is 2.89. The molecule has 1 rings (SSSR count). The Bertz CT molecular complexity index is 384. The smallest absolute Gasteiger partial charge is 0.149 e. The summed E-state index contributed by atoms with van der Waals surface area (Å²) in [7, 11) is 1.51. The molecule has 3 nitrogen and oxygen atoms in total. The maximum Gasteiger partial charge on any atom is 0.149 e. The van der Waals surface area contributed by atoms with E-state index in [1.165, 1.54) is 11.9 Å². The number of rotatable bonds is 4. The van der Waals surface area contributed by atoms with Crippen molar-refractivity contribution in [2.45, 2.75) is 26.0 Å². The van der Waals surface area contributed by atoms with Gasteiger partial charge in [-0.15, -0.1) is 0 Å². The van der Waals surface area contributed by atoms with Crippen molar-refractivity contribution in [3.05, 3.63) is 29.3 Å². The molecule has 0 aliphatic rings. The molecule has 1 aromatic carbocycles. The summed E-state index contributed by atoms with van der Waals surface area (Å²) in [5.41, 5.74) is -0.803. The van der Waals surface area contributed by atoms with Crippen molar-refractivity contribution < 1.29 is 19.0 Å². The molecule has 0 unspecified atom stereocenters. The minimum Gasteiger partial charge on any atom is -0.394 e. The van der Waals surface area contributed by atoms with Crippen LogP contribution in [0.2, 0.25) is 0 Å². The normalized spacial score (nSPS) is 11.7. The van der Waals surface area contributed by atoms with Crippen molar-refractivity contribution in [2.24, 2.45) is 0 Å². The van der Waals surface area contributed by atoms with Crippen molar-refractivity contribution >= 4 is 5.69 Å². The standard InChI is InChI=1S/C12H17F2NO2/c1-12(2,7-17)15(3)11-9(13)4-8(6-16)5-10(11)14/h4-5,16-17H,6-7H2,1-3H3. The van der Waals surface area contributed by atoms with Crippen LogP contribution in [-0.4, -0.2) is 29.4 Å². The Kier molecular flexibility index (Phi) is 4.06. The maximum absolute atomic E-state index is 13.7. The number of hydrogen-bond acceptors (Lipinski definition) is 3. The third kappa shape index (κ3) is 2.73. The van der Waals surface area contributed by atoms with E-state index >= 15 is 0 Å². The van der Waals surface area contributed by atoms with Gasteiger partial charge in [0.15, 0.2) is 0 Å². The van der Waals surface area contributed by atoms with Crippen molar-refractivity contribution in [3.63, 3.8) is 0 Å². The summed E-state index contributed by atoms with van der Waals surface area (Å²) in [5.74, 6) is -1.50. The van der Waals surface area contributed by atoms with E-state index in [0.717, 1.165) is 12.1 Å². The van der Waals surface area contributed by atoms with Crippen LogP contribution in [-0.2, 0) is 6.61 Å². The molecule has 0 fully saturated rings. The minimum absolute atomic E-state index is 0.180. The second kappa shape index (κ2) is 4.98. The van der Waals surface area contributed by atoms with Crippen LogP contribution < -0.4 is 4.90 Å². The van der Waals surface area contributed by atoms with Crippen molar-refractivity contribution in [1.29, 1.82) is 0 Å². The molecule has 5 heteroatoms. The number of benzene rings is 1. The van der Waals surface area contributed by atoms with Gasteiger partial charge >= 0.3 is 0 Å². The first kappa shape index (κ1) is 13.9. The van der Waals surface area contributed by atoms with Gasteiger partial charge in [-0.1, -0.05) is 0 Å². The molecule has 0 radical (unpaired) electrons. The zero-order valence-electron chi connectivity index (χ0n) is 10.2. The highest BCUT2D eigenvalue weighted by Gasteiger charge is 2.27. The summed E-state index contributed by atoms with van der Waals surface area (Å²) in [6.45, 7) is 2.70. The molecule has 0 saturated heterocycles. The van der Waals surface area contributed by atoms with Crippen LogP contribution in [0.1, 0.15) is 19.4 Å². The maximum atomic E-state index is 13.7. The van der Waals surface area contributed by atoms with E-state index in [1.54, 1.807) is 13.8 Å². The highest BCUT2D eigenvalue weighted by molar-refractivity contribution is 5.52. The number of halogens is 2. The lowest BCUT2D eigenvalue weighted by atomic mass is 10.0. The Labute approximate surface area is 99.3 Å². The number of aliphatic hydroxyl groups is 2. The number of likely N-dealkylation sites (N-methyl/N-ethyl adjacent to an activating group) is 1. The summed E-state index contributed by atoms with van der Waals surface area (Å²) in [4.78, 5) is 1.35. The first-order valence-electron chi connectivity index (χ1n) is 5.27. The zero-order chi connectivity index (χ0) is 13.2. The topological polar surface area (TPSA) is 43.7 Å². The van der Waals surface area contributed by atoms with Gasteiger partial charge in [-0.25, -0.2) is 8.78 Å². The van der Waals surface area contributed by atoms with Gasteiger partial charge in [0, 0.05) is 7.05 Å². The molecule has 0 bridgehead atoms. The molecule has 0 saturated carbocycles. The fourth-order valence-corrected chi connectivity index (χ4v) is 1.44. The van der Waals surface area contributed by atoms with Crippen LogP contribution in [0.3, 0.4) is 0 Å². The molecule has 0 aromatic heterocycles. The van der Waals surface area contributed by atoms with Crippen molar-refractivity contribution in [3.8, 4) is 0 Å². The van der Waals surface area contributed by atoms with E-state index in [2.05, 4.69) is 0 Å². The van der Waals surface area contributed by atoms with Crippen LogP contribution in [0.15, 0.2) is 12.1 Å².